The maximum Gasteiger partial charge on any atom is 0.368 e. The number of hydrogen-bond donors (Lipinski definition) is 0. The molecule has 0 unspecified atom stereocenters. The van der Waals surface area contributed by atoms with Gasteiger partial charge in [-0.1, -0.05) is 6.07 Å². The van der Waals surface area contributed by atoms with Crippen molar-refractivity contribution in [1.82, 2.24) is 39.5 Å². The Hall–Kier alpha value is -3.82. The van der Waals surface area contributed by atoms with Gasteiger partial charge in [-0.2, -0.15) is 9.36 Å². The molecule has 0 fully saturated rings. The summed E-state index contributed by atoms with van der Waals surface area (Å²) in [7, 11) is 1.54. The van der Waals surface area contributed by atoms with Gasteiger partial charge in [0.05, 0.1) is 5.69 Å². The quantitative estimate of drug-likeness (QED) is 0.516. The van der Waals surface area contributed by atoms with E-state index in [9.17, 15) is 4.79 Å². The second-order valence-electron chi connectivity index (χ2n) is 5.38. The number of pyridine rings is 2. The van der Waals surface area contributed by atoms with E-state index in [-0.39, 0.29) is 12.3 Å². The van der Waals surface area contributed by atoms with Crippen LogP contribution in [0.2, 0.25) is 0 Å². The van der Waals surface area contributed by atoms with Crippen LogP contribution in [-0.2, 0) is 13.7 Å². The summed E-state index contributed by atoms with van der Waals surface area (Å²) >= 11 is 0. The molecule has 0 aromatic carbocycles. The van der Waals surface area contributed by atoms with Crippen molar-refractivity contribution in [3.8, 4) is 17.4 Å². The molecule has 26 heavy (non-hydrogen) atoms. The molecule has 4 rings (SSSR count). The third kappa shape index (κ3) is 2.95. The van der Waals surface area contributed by atoms with E-state index in [1.54, 1.807) is 41.6 Å². The third-order valence-corrected chi connectivity index (χ3v) is 3.65. The van der Waals surface area contributed by atoms with Gasteiger partial charge < -0.3 is 4.74 Å². The standard InChI is InChI=1S/C16H14N8O2/c1-22-16(25)24(21-20-22)13-5-8-17-10-12(13)11-26-15-6-9-23(19-15)14-4-2-3-7-18-14/h2-10H,11H2,1H3. The second-order valence-corrected chi connectivity index (χ2v) is 5.38. The van der Waals surface area contributed by atoms with Gasteiger partial charge in [-0.3, -0.25) is 4.98 Å². The first kappa shape index (κ1) is 15.7. The predicted molar refractivity (Wildman–Crippen MR) is 90.1 cm³/mol. The molecule has 0 spiro atoms. The minimum Gasteiger partial charge on any atom is -0.472 e. The molecule has 0 radical (unpaired) electrons. The van der Waals surface area contributed by atoms with Crippen LogP contribution in [0.25, 0.3) is 11.5 Å². The van der Waals surface area contributed by atoms with Crippen LogP contribution in [0.4, 0.5) is 0 Å². The molecular formula is C16H14N8O2. The van der Waals surface area contributed by atoms with Crippen LogP contribution < -0.4 is 10.4 Å². The molecule has 4 aromatic heterocycles. The van der Waals surface area contributed by atoms with Crippen molar-refractivity contribution in [3.05, 3.63) is 71.2 Å². The van der Waals surface area contributed by atoms with E-state index in [1.165, 1.54) is 11.7 Å². The molecule has 10 heteroatoms. The Labute approximate surface area is 147 Å². The summed E-state index contributed by atoms with van der Waals surface area (Å²) in [4.78, 5) is 20.4. The average Bonchev–Trinajstić information content (AvgIpc) is 3.29. The Balaban J connectivity index is 1.55. The highest BCUT2D eigenvalue weighted by molar-refractivity contribution is 5.37. The van der Waals surface area contributed by atoms with Crippen molar-refractivity contribution in [2.24, 2.45) is 7.05 Å². The van der Waals surface area contributed by atoms with E-state index in [1.807, 2.05) is 18.2 Å². The number of aryl methyl sites for hydroxylation is 1. The van der Waals surface area contributed by atoms with E-state index in [4.69, 9.17) is 4.74 Å². The fourth-order valence-electron chi connectivity index (χ4n) is 2.36. The Kier molecular flexibility index (Phi) is 3.98. The lowest BCUT2D eigenvalue weighted by atomic mass is 10.2. The summed E-state index contributed by atoms with van der Waals surface area (Å²) in [5, 5.41) is 11.9. The highest BCUT2D eigenvalue weighted by Gasteiger charge is 2.12. The molecule has 0 aliphatic rings. The molecule has 0 bridgehead atoms. The number of ether oxygens (including phenoxy) is 1. The number of aromatic nitrogens is 8. The zero-order chi connectivity index (χ0) is 17.9. The van der Waals surface area contributed by atoms with Crippen molar-refractivity contribution in [2.75, 3.05) is 0 Å². The van der Waals surface area contributed by atoms with Gasteiger partial charge >= 0.3 is 5.69 Å². The van der Waals surface area contributed by atoms with Crippen LogP contribution in [0.5, 0.6) is 5.88 Å². The van der Waals surface area contributed by atoms with Crippen molar-refractivity contribution < 1.29 is 4.74 Å². The van der Waals surface area contributed by atoms with E-state index in [0.29, 0.717) is 22.9 Å². The topological polar surface area (TPSA) is 106 Å². The summed E-state index contributed by atoms with van der Waals surface area (Å²) < 4.78 is 9.70. The van der Waals surface area contributed by atoms with E-state index in [2.05, 4.69) is 25.5 Å². The van der Waals surface area contributed by atoms with Crippen LogP contribution in [0.3, 0.4) is 0 Å². The average molecular weight is 350 g/mol. The summed E-state index contributed by atoms with van der Waals surface area (Å²) in [6.07, 6.45) is 6.65. The largest absolute Gasteiger partial charge is 0.472 e. The van der Waals surface area contributed by atoms with Gasteiger partial charge in [-0.05, 0) is 28.6 Å². The van der Waals surface area contributed by atoms with Gasteiger partial charge in [-0.15, -0.1) is 5.10 Å². The van der Waals surface area contributed by atoms with Gasteiger partial charge in [0, 0.05) is 43.5 Å². The summed E-state index contributed by atoms with van der Waals surface area (Å²) in [5.41, 5.74) is 0.890. The number of hydrogen-bond acceptors (Lipinski definition) is 7. The number of rotatable bonds is 5. The molecule has 0 aliphatic carbocycles. The molecule has 0 saturated heterocycles. The highest BCUT2D eigenvalue weighted by atomic mass is 16.5. The normalized spacial score (nSPS) is 10.8. The van der Waals surface area contributed by atoms with Gasteiger partial charge in [-0.25, -0.2) is 14.5 Å². The van der Waals surface area contributed by atoms with Crippen LogP contribution in [0.15, 0.2) is 59.9 Å². The fraction of sp³-hybridized carbons (Fsp3) is 0.125. The van der Waals surface area contributed by atoms with E-state index in [0.717, 1.165) is 4.68 Å². The van der Waals surface area contributed by atoms with Crippen LogP contribution >= 0.6 is 0 Å². The fourth-order valence-corrected chi connectivity index (χ4v) is 2.36. The molecule has 4 aromatic rings. The molecule has 0 saturated carbocycles. The molecule has 130 valence electrons. The van der Waals surface area contributed by atoms with Crippen LogP contribution in [0, 0.1) is 0 Å². The lowest BCUT2D eigenvalue weighted by Gasteiger charge is -2.07. The lowest BCUT2D eigenvalue weighted by molar-refractivity contribution is 0.291. The highest BCUT2D eigenvalue weighted by Crippen LogP contribution is 2.15. The summed E-state index contributed by atoms with van der Waals surface area (Å²) in [6.45, 7) is 0.172. The monoisotopic (exact) mass is 350 g/mol. The molecule has 0 aliphatic heterocycles. The van der Waals surface area contributed by atoms with Crippen LogP contribution in [-0.4, -0.2) is 39.5 Å². The molecule has 10 nitrogen and oxygen atoms in total. The van der Waals surface area contributed by atoms with E-state index < -0.39 is 0 Å². The van der Waals surface area contributed by atoms with Gasteiger partial charge in [0.25, 0.3) is 0 Å². The zero-order valence-electron chi connectivity index (χ0n) is 13.8. The number of nitrogens with zero attached hydrogens (tertiary/aromatic N) is 8. The maximum absolute atomic E-state index is 12.1. The predicted octanol–water partition coefficient (Wildman–Crippen LogP) is 0.521. The number of tetrazole rings is 1. The Bertz CT molecular complexity index is 1080. The summed E-state index contributed by atoms with van der Waals surface area (Å²) in [6, 6.07) is 8.98. The van der Waals surface area contributed by atoms with Crippen LogP contribution in [0.1, 0.15) is 5.56 Å². The zero-order valence-corrected chi connectivity index (χ0v) is 13.8. The van der Waals surface area contributed by atoms with Crippen molar-refractivity contribution in [3.63, 3.8) is 0 Å². The Morgan fingerprint density at radius 3 is 2.81 bits per heavy atom. The minimum atomic E-state index is -0.350. The Morgan fingerprint density at radius 1 is 1.12 bits per heavy atom. The van der Waals surface area contributed by atoms with Crippen molar-refractivity contribution >= 4 is 0 Å². The molecule has 0 N–H and O–H groups in total. The smallest absolute Gasteiger partial charge is 0.368 e. The third-order valence-electron chi connectivity index (χ3n) is 3.65. The first-order valence-electron chi connectivity index (χ1n) is 7.74. The Morgan fingerprint density at radius 2 is 2.04 bits per heavy atom. The molecule has 0 amide bonds. The lowest BCUT2D eigenvalue weighted by Crippen LogP contribution is -2.23. The molecule has 4 heterocycles. The van der Waals surface area contributed by atoms with Gasteiger partial charge in [0.1, 0.15) is 6.61 Å². The SMILES string of the molecule is Cn1nnn(-c2ccncc2COc2ccn(-c3ccccn3)n2)c1=O. The molecular weight excluding hydrogens is 336 g/mol. The molecule has 0 atom stereocenters. The summed E-state index contributed by atoms with van der Waals surface area (Å²) in [5.74, 6) is 1.12. The maximum atomic E-state index is 12.1. The first-order chi connectivity index (χ1) is 12.7. The minimum absolute atomic E-state index is 0.172. The van der Waals surface area contributed by atoms with E-state index >= 15 is 0 Å². The van der Waals surface area contributed by atoms with Crippen molar-refractivity contribution in [1.29, 1.82) is 0 Å². The van der Waals surface area contributed by atoms with Gasteiger partial charge in [0.2, 0.25) is 5.88 Å². The second kappa shape index (κ2) is 6.59. The first-order valence-corrected chi connectivity index (χ1v) is 7.74. The van der Waals surface area contributed by atoms with Crippen molar-refractivity contribution in [2.45, 2.75) is 6.61 Å². The van der Waals surface area contributed by atoms with Gasteiger partial charge in [0.15, 0.2) is 5.82 Å².